The summed E-state index contributed by atoms with van der Waals surface area (Å²) in [6.07, 6.45) is 0. The second-order valence-electron chi connectivity index (χ2n) is 6.05. The maximum atomic E-state index is 10.1. The van der Waals surface area contributed by atoms with Crippen molar-refractivity contribution in [1.29, 1.82) is 0 Å². The van der Waals surface area contributed by atoms with Crippen LogP contribution in [0.3, 0.4) is 0 Å². The average Bonchev–Trinajstić information content (AvgIpc) is 2.63. The molecule has 0 amide bonds. The molecule has 0 aromatic heterocycles. The molecule has 2 rings (SSSR count). The molecule has 0 fully saturated rings. The third kappa shape index (κ3) is 7.57. The van der Waals surface area contributed by atoms with Crippen molar-refractivity contribution in [2.75, 3.05) is 0 Å². The van der Waals surface area contributed by atoms with E-state index in [1.54, 1.807) is 0 Å². The van der Waals surface area contributed by atoms with Crippen LogP contribution < -0.4 is 10.2 Å². The van der Waals surface area contributed by atoms with Gasteiger partial charge in [0, 0.05) is 11.9 Å². The number of aliphatic carboxylic acids is 2. The van der Waals surface area contributed by atoms with Crippen LogP contribution in [-0.2, 0) is 18.5 Å². The zero-order valence-corrected chi connectivity index (χ0v) is 17.7. The molecule has 0 bridgehead atoms. The fourth-order valence-corrected chi connectivity index (χ4v) is 5.30. The first-order chi connectivity index (χ1) is 12.2. The first-order valence-electron chi connectivity index (χ1n) is 8.18. The van der Waals surface area contributed by atoms with Gasteiger partial charge in [0.05, 0.1) is 5.97 Å². The summed E-state index contributed by atoms with van der Waals surface area (Å²) in [5, 5.41) is 29.2. The summed E-state index contributed by atoms with van der Waals surface area (Å²) in [4.78, 5) is 20.2. The monoisotopic (exact) mass is 462 g/mol. The Morgan fingerprint density at radius 2 is 1.35 bits per heavy atom. The summed E-state index contributed by atoms with van der Waals surface area (Å²) < 4.78 is 2.69. The van der Waals surface area contributed by atoms with E-state index in [1.807, 2.05) is 0 Å². The van der Waals surface area contributed by atoms with Crippen LogP contribution in [-0.4, -0.2) is 43.8 Å². The molecule has 0 aliphatic carbocycles. The van der Waals surface area contributed by atoms with E-state index in [0.717, 1.165) is 13.8 Å². The van der Waals surface area contributed by atoms with Gasteiger partial charge in [-0.05, 0) is 6.92 Å². The number of benzene rings is 2. The maximum absolute atomic E-state index is 10.1. The van der Waals surface area contributed by atoms with E-state index in [0.29, 0.717) is 0 Å². The van der Waals surface area contributed by atoms with Crippen molar-refractivity contribution in [3.8, 4) is 0 Å². The first kappa shape index (κ1) is 22.2. The molecule has 26 heavy (non-hydrogen) atoms. The molecule has 136 valence electrons. The second kappa shape index (κ2) is 11.0. The quantitative estimate of drug-likeness (QED) is 0.584. The number of rotatable bonds is 7. The summed E-state index contributed by atoms with van der Waals surface area (Å²) in [6, 6.07) is 21.7. The van der Waals surface area contributed by atoms with Crippen molar-refractivity contribution in [2.24, 2.45) is 5.92 Å². The van der Waals surface area contributed by atoms with E-state index in [2.05, 4.69) is 60.7 Å². The van der Waals surface area contributed by atoms with Crippen LogP contribution in [0.25, 0.3) is 0 Å². The van der Waals surface area contributed by atoms with Crippen molar-refractivity contribution in [1.82, 2.24) is 0 Å². The molecule has 0 heterocycles. The topological polar surface area (TPSA) is 100 Å². The Labute approximate surface area is 163 Å². The third-order valence-corrected chi connectivity index (χ3v) is 7.71. The van der Waals surface area contributed by atoms with Gasteiger partial charge in [-0.1, -0.05) is 6.92 Å². The van der Waals surface area contributed by atoms with Crippen LogP contribution in [0.2, 0.25) is 0 Å². The second-order valence-corrected chi connectivity index (χ2v) is 9.50. The van der Waals surface area contributed by atoms with Gasteiger partial charge >= 0.3 is 102 Å². The van der Waals surface area contributed by atoms with E-state index in [-0.39, 0.29) is 21.1 Å². The molecule has 1 N–H and O–H groups in total. The van der Waals surface area contributed by atoms with Crippen molar-refractivity contribution in [3.63, 3.8) is 0 Å². The molecule has 5 nitrogen and oxygen atoms in total. The van der Waals surface area contributed by atoms with Gasteiger partial charge < -0.3 is 24.9 Å². The normalized spacial score (nSPS) is 13.3. The Hall–Kier alpha value is -1.86. The van der Waals surface area contributed by atoms with Gasteiger partial charge in [-0.15, -0.1) is 0 Å². The SMILES string of the molecule is CC(C(=O)[O-])C(C)(O)C(=O)[O-].c1ccc([CH2][Sn+2][CH2]c2ccccc2)cc1. The molecule has 0 aliphatic heterocycles. The summed E-state index contributed by atoms with van der Waals surface area (Å²) >= 11 is -0.258. The minimum absolute atomic E-state index is 0.258. The summed E-state index contributed by atoms with van der Waals surface area (Å²) in [7, 11) is 0. The van der Waals surface area contributed by atoms with Crippen LogP contribution in [0.15, 0.2) is 60.7 Å². The summed E-state index contributed by atoms with van der Waals surface area (Å²) in [5.74, 6) is -4.94. The number of hydrogen-bond donors (Lipinski definition) is 1. The van der Waals surface area contributed by atoms with E-state index in [9.17, 15) is 19.8 Å². The third-order valence-electron chi connectivity index (χ3n) is 3.95. The van der Waals surface area contributed by atoms with Gasteiger partial charge in [0.15, 0.2) is 0 Å². The van der Waals surface area contributed by atoms with Gasteiger partial charge in [0.2, 0.25) is 0 Å². The van der Waals surface area contributed by atoms with Gasteiger partial charge in [0.1, 0.15) is 5.60 Å². The minimum atomic E-state index is -2.38. The molecular formula is C20H22O5Sn. The van der Waals surface area contributed by atoms with Crippen LogP contribution in [0.1, 0.15) is 25.0 Å². The van der Waals surface area contributed by atoms with Crippen LogP contribution in [0.4, 0.5) is 0 Å². The number of carboxylic acids is 2. The number of carbonyl (C=O) groups is 2. The Morgan fingerprint density at radius 1 is 0.962 bits per heavy atom. The van der Waals surface area contributed by atoms with Crippen molar-refractivity contribution < 1.29 is 24.9 Å². The van der Waals surface area contributed by atoms with Crippen molar-refractivity contribution in [3.05, 3.63) is 71.8 Å². The van der Waals surface area contributed by atoms with Crippen LogP contribution >= 0.6 is 0 Å². The van der Waals surface area contributed by atoms with Gasteiger partial charge in [-0.2, -0.15) is 0 Å². The van der Waals surface area contributed by atoms with Gasteiger partial charge in [-0.25, -0.2) is 0 Å². The Balaban J connectivity index is 0.000000276. The van der Waals surface area contributed by atoms with Crippen LogP contribution in [0.5, 0.6) is 0 Å². The number of carbonyl (C=O) groups excluding carboxylic acids is 2. The predicted molar refractivity (Wildman–Crippen MR) is 95.8 cm³/mol. The molecule has 0 saturated heterocycles. The molecule has 2 atom stereocenters. The van der Waals surface area contributed by atoms with Crippen molar-refractivity contribution in [2.45, 2.75) is 28.3 Å². The molecule has 0 aliphatic rings. The molecule has 6 heteroatoms. The molecule has 2 aromatic carbocycles. The summed E-state index contributed by atoms with van der Waals surface area (Å²) in [5.41, 5.74) is 0.652. The fraction of sp³-hybridized carbons (Fsp3) is 0.300. The van der Waals surface area contributed by atoms with E-state index >= 15 is 0 Å². The van der Waals surface area contributed by atoms with Crippen LogP contribution in [0, 0.1) is 5.92 Å². The standard InChI is InChI=1S/2C7H7.C6H10O5.Sn/c2*1-7-5-3-2-4-6-7;1-3(4(7)8)6(2,11)5(9)10;/h2*2-6H,1H2;3,11H,1-2H3,(H,7,8)(H,9,10);/q;;;+2/p-2. The Morgan fingerprint density at radius 3 is 1.62 bits per heavy atom. The molecule has 0 saturated carbocycles. The fourth-order valence-electron chi connectivity index (χ4n) is 1.95. The first-order valence-corrected chi connectivity index (χ1v) is 12.2. The van der Waals surface area contributed by atoms with E-state index in [1.165, 1.54) is 20.0 Å². The molecule has 0 spiro atoms. The van der Waals surface area contributed by atoms with E-state index in [4.69, 9.17) is 5.11 Å². The van der Waals surface area contributed by atoms with Gasteiger partial charge in [-0.3, -0.25) is 0 Å². The van der Waals surface area contributed by atoms with Crippen molar-refractivity contribution >= 4 is 33.1 Å². The molecule has 0 radical (unpaired) electrons. The Kier molecular flexibility index (Phi) is 9.37. The molecule has 2 aromatic rings. The van der Waals surface area contributed by atoms with Gasteiger partial charge in [0.25, 0.3) is 0 Å². The zero-order chi connectivity index (χ0) is 19.6. The number of aliphatic hydroxyl groups is 1. The number of carboxylic acid groups (broad SMARTS) is 2. The number of hydrogen-bond acceptors (Lipinski definition) is 5. The Bertz CT molecular complexity index is 646. The zero-order valence-electron chi connectivity index (χ0n) is 14.8. The average molecular weight is 461 g/mol. The summed E-state index contributed by atoms with van der Waals surface area (Å²) in [6.45, 7) is 1.88. The molecule has 2 unspecified atom stereocenters. The van der Waals surface area contributed by atoms with E-state index < -0.39 is 23.5 Å². The molecular weight excluding hydrogens is 439 g/mol. The predicted octanol–water partition coefficient (Wildman–Crippen LogP) is -0.0357.